The summed E-state index contributed by atoms with van der Waals surface area (Å²) in [7, 11) is 0. The lowest BCUT2D eigenvalue weighted by atomic mass is 10.0. The minimum atomic E-state index is -0.796. The molecule has 1 saturated heterocycles. The van der Waals surface area contributed by atoms with Crippen molar-refractivity contribution < 1.29 is 14.4 Å². The molecule has 0 aromatic heterocycles. The predicted octanol–water partition coefficient (Wildman–Crippen LogP) is 0.190. The van der Waals surface area contributed by atoms with Gasteiger partial charge in [-0.15, -0.1) is 11.6 Å². The third kappa shape index (κ3) is 3.59. The zero-order valence-electron chi connectivity index (χ0n) is 9.61. The Balaban J connectivity index is 2.65. The third-order valence-corrected chi connectivity index (χ3v) is 2.88. The van der Waals surface area contributed by atoms with Gasteiger partial charge in [0.1, 0.15) is 11.4 Å². The first kappa shape index (κ1) is 13.8. The Bertz CT molecular complexity index is 333. The molecule has 1 heterocycles. The average molecular weight is 262 g/mol. The summed E-state index contributed by atoms with van der Waals surface area (Å²) in [6, 6.07) is -1.24. The number of imide groups is 1. The molecule has 2 atom stereocenters. The van der Waals surface area contributed by atoms with E-state index in [1.807, 2.05) is 0 Å². The Morgan fingerprint density at radius 3 is 2.59 bits per heavy atom. The van der Waals surface area contributed by atoms with Gasteiger partial charge in [-0.05, 0) is 26.2 Å². The number of nitrogens with one attached hydrogen (secondary N) is 1. The van der Waals surface area contributed by atoms with Gasteiger partial charge in [0.2, 0.25) is 11.8 Å². The summed E-state index contributed by atoms with van der Waals surface area (Å²) in [4.78, 5) is 35.5. The van der Waals surface area contributed by atoms with Gasteiger partial charge in [0.15, 0.2) is 0 Å². The number of alkyl halides is 1. The van der Waals surface area contributed by atoms with Gasteiger partial charge < -0.3 is 10.6 Å². The molecule has 0 spiro atoms. The number of likely N-dealkylation sites (tertiary alicyclic amines) is 1. The molecule has 0 aromatic carbocycles. The largest absolute Gasteiger partial charge is 0.368 e. The number of nitrogens with zero attached hydrogens (tertiary/aromatic N) is 1. The van der Waals surface area contributed by atoms with Crippen LogP contribution < -0.4 is 11.1 Å². The van der Waals surface area contributed by atoms with Crippen molar-refractivity contribution >= 4 is 29.4 Å². The van der Waals surface area contributed by atoms with Gasteiger partial charge in [0.05, 0.1) is 0 Å². The Morgan fingerprint density at radius 2 is 2.06 bits per heavy atom. The van der Waals surface area contributed by atoms with Crippen molar-refractivity contribution in [3.63, 3.8) is 0 Å². The number of primary amides is 1. The van der Waals surface area contributed by atoms with E-state index in [0.717, 1.165) is 12.8 Å². The molecule has 6 nitrogen and oxygen atoms in total. The molecule has 96 valence electrons. The Morgan fingerprint density at radius 1 is 1.41 bits per heavy atom. The van der Waals surface area contributed by atoms with E-state index in [2.05, 4.69) is 5.32 Å². The van der Waals surface area contributed by atoms with Crippen LogP contribution >= 0.6 is 11.6 Å². The second kappa shape index (κ2) is 5.86. The van der Waals surface area contributed by atoms with Gasteiger partial charge in [-0.1, -0.05) is 0 Å². The zero-order chi connectivity index (χ0) is 13.0. The Hall–Kier alpha value is -1.30. The summed E-state index contributed by atoms with van der Waals surface area (Å²) < 4.78 is 0. The minimum absolute atomic E-state index is 0.420. The van der Waals surface area contributed by atoms with Crippen LogP contribution in [-0.2, 0) is 9.59 Å². The summed E-state index contributed by atoms with van der Waals surface area (Å²) in [5, 5.41) is 1.35. The van der Waals surface area contributed by atoms with Crippen LogP contribution in [0.4, 0.5) is 4.79 Å². The molecule has 4 amide bonds. The van der Waals surface area contributed by atoms with E-state index in [1.165, 1.54) is 11.8 Å². The van der Waals surface area contributed by atoms with E-state index in [0.29, 0.717) is 13.0 Å². The third-order valence-electron chi connectivity index (χ3n) is 2.68. The van der Waals surface area contributed by atoms with E-state index >= 15 is 0 Å². The number of piperidine rings is 1. The maximum Gasteiger partial charge on any atom is 0.324 e. The fraction of sp³-hybridized carbons (Fsp3) is 0.700. The maximum atomic E-state index is 11.8. The average Bonchev–Trinajstić information content (AvgIpc) is 2.28. The molecule has 0 radical (unpaired) electrons. The highest BCUT2D eigenvalue weighted by Crippen LogP contribution is 2.16. The van der Waals surface area contributed by atoms with Crippen LogP contribution in [-0.4, -0.2) is 40.7 Å². The standard InChI is InChI=1S/C10H16ClN3O3/c1-6(11)9(16)13-10(17)14-5-3-2-4-7(14)8(12)15/h6-7H,2-5H2,1H3,(H2,12,15)(H,13,16,17). The molecule has 3 N–H and O–H groups in total. The van der Waals surface area contributed by atoms with Crippen LogP contribution in [0.1, 0.15) is 26.2 Å². The second-order valence-electron chi connectivity index (χ2n) is 4.02. The van der Waals surface area contributed by atoms with Crippen molar-refractivity contribution in [2.24, 2.45) is 5.73 Å². The van der Waals surface area contributed by atoms with Crippen molar-refractivity contribution in [1.29, 1.82) is 0 Å². The normalized spacial score (nSPS) is 21.8. The zero-order valence-corrected chi connectivity index (χ0v) is 10.4. The lowest BCUT2D eigenvalue weighted by molar-refractivity contribution is -0.124. The summed E-state index contributed by atoms with van der Waals surface area (Å²) in [5.41, 5.74) is 5.21. The molecule has 1 fully saturated rings. The molecule has 1 rings (SSSR count). The highest BCUT2D eigenvalue weighted by molar-refractivity contribution is 6.31. The first-order chi connectivity index (χ1) is 7.93. The van der Waals surface area contributed by atoms with Crippen LogP contribution in [0.2, 0.25) is 0 Å². The number of amides is 4. The quantitative estimate of drug-likeness (QED) is 0.695. The summed E-state index contributed by atoms with van der Waals surface area (Å²) in [6.07, 6.45) is 2.17. The van der Waals surface area contributed by atoms with Crippen LogP contribution in [0.3, 0.4) is 0 Å². The molecule has 0 aromatic rings. The van der Waals surface area contributed by atoms with E-state index in [9.17, 15) is 14.4 Å². The summed E-state index contributed by atoms with van der Waals surface area (Å²) in [5.74, 6) is -1.13. The SMILES string of the molecule is CC(Cl)C(=O)NC(=O)N1CCCCC1C(N)=O. The maximum absolute atomic E-state index is 11.8. The predicted molar refractivity (Wildman–Crippen MR) is 62.4 cm³/mol. The molecular weight excluding hydrogens is 246 g/mol. The van der Waals surface area contributed by atoms with E-state index in [-0.39, 0.29) is 0 Å². The van der Waals surface area contributed by atoms with Crippen LogP contribution in [0, 0.1) is 0 Å². The number of carbonyl (C=O) groups excluding carboxylic acids is 3. The summed E-state index contributed by atoms with van der Waals surface area (Å²) >= 11 is 5.54. The van der Waals surface area contributed by atoms with E-state index in [4.69, 9.17) is 17.3 Å². The smallest absolute Gasteiger partial charge is 0.324 e. The lowest BCUT2D eigenvalue weighted by Crippen LogP contribution is -2.55. The van der Waals surface area contributed by atoms with Gasteiger partial charge in [-0.2, -0.15) is 0 Å². The number of halogens is 1. The molecular formula is C10H16ClN3O3. The van der Waals surface area contributed by atoms with Crippen molar-refractivity contribution in [1.82, 2.24) is 10.2 Å². The van der Waals surface area contributed by atoms with Crippen LogP contribution in [0.5, 0.6) is 0 Å². The number of rotatable bonds is 2. The van der Waals surface area contributed by atoms with Crippen LogP contribution in [0.25, 0.3) is 0 Å². The highest BCUT2D eigenvalue weighted by atomic mass is 35.5. The molecule has 7 heteroatoms. The first-order valence-electron chi connectivity index (χ1n) is 5.48. The first-order valence-corrected chi connectivity index (χ1v) is 5.92. The van der Waals surface area contributed by atoms with Gasteiger partial charge in [-0.25, -0.2) is 4.79 Å². The molecule has 2 unspecified atom stereocenters. The summed E-state index contributed by atoms with van der Waals surface area (Å²) in [6.45, 7) is 1.88. The lowest BCUT2D eigenvalue weighted by Gasteiger charge is -2.33. The Labute approximate surface area is 104 Å². The molecule has 0 saturated carbocycles. The topological polar surface area (TPSA) is 92.5 Å². The van der Waals surface area contributed by atoms with Crippen LogP contribution in [0.15, 0.2) is 0 Å². The van der Waals surface area contributed by atoms with Gasteiger partial charge in [-0.3, -0.25) is 14.9 Å². The van der Waals surface area contributed by atoms with Gasteiger partial charge in [0.25, 0.3) is 0 Å². The number of carbonyl (C=O) groups is 3. The van der Waals surface area contributed by atoms with E-state index in [1.54, 1.807) is 0 Å². The van der Waals surface area contributed by atoms with Crippen molar-refractivity contribution in [2.45, 2.75) is 37.6 Å². The molecule has 0 aliphatic carbocycles. The van der Waals surface area contributed by atoms with Gasteiger partial charge in [0, 0.05) is 6.54 Å². The fourth-order valence-electron chi connectivity index (χ4n) is 1.75. The highest BCUT2D eigenvalue weighted by Gasteiger charge is 2.31. The monoisotopic (exact) mass is 261 g/mol. The van der Waals surface area contributed by atoms with Crippen molar-refractivity contribution in [3.05, 3.63) is 0 Å². The minimum Gasteiger partial charge on any atom is -0.368 e. The Kier molecular flexibility index (Phi) is 4.74. The van der Waals surface area contributed by atoms with E-state index < -0.39 is 29.3 Å². The fourth-order valence-corrected chi connectivity index (χ4v) is 1.80. The molecule has 1 aliphatic heterocycles. The molecule has 17 heavy (non-hydrogen) atoms. The number of hydrogen-bond donors (Lipinski definition) is 2. The second-order valence-corrected chi connectivity index (χ2v) is 4.67. The number of urea groups is 1. The van der Waals surface area contributed by atoms with Gasteiger partial charge >= 0.3 is 6.03 Å². The number of nitrogens with two attached hydrogens (primary N) is 1. The van der Waals surface area contributed by atoms with Crippen molar-refractivity contribution in [3.8, 4) is 0 Å². The van der Waals surface area contributed by atoms with Crippen molar-refractivity contribution in [2.75, 3.05) is 6.54 Å². The number of hydrogen-bond acceptors (Lipinski definition) is 3. The molecule has 0 bridgehead atoms. The molecule has 1 aliphatic rings.